The van der Waals surface area contributed by atoms with Crippen LogP contribution in [0.5, 0.6) is 0 Å². The van der Waals surface area contributed by atoms with E-state index in [1.165, 1.54) is 9.79 Å². The van der Waals surface area contributed by atoms with Gasteiger partial charge in [0.2, 0.25) is 0 Å². The van der Waals surface area contributed by atoms with Gasteiger partial charge in [-0.25, -0.2) is 0 Å². The molecule has 0 atom stereocenters. The van der Waals surface area contributed by atoms with Crippen molar-refractivity contribution in [1.29, 1.82) is 0 Å². The van der Waals surface area contributed by atoms with Crippen LogP contribution in [0.2, 0.25) is 0 Å². The molecule has 20 heavy (non-hydrogen) atoms. The highest BCUT2D eigenvalue weighted by molar-refractivity contribution is 7.99. The number of hydrogen-bond acceptors (Lipinski definition) is 2. The molecule has 0 bridgehead atoms. The topological polar surface area (TPSA) is 13.1 Å². The standard InChI is InChI=1S/C18H16OS/c1-2-15-13-17(20-16-11-7-4-8-12-16)18(19-15)14-9-5-3-6-10-14/h3-13H,2H2,1H3. The van der Waals surface area contributed by atoms with Gasteiger partial charge in [0, 0.05) is 16.9 Å². The summed E-state index contributed by atoms with van der Waals surface area (Å²) in [7, 11) is 0. The molecule has 3 aromatic rings. The second kappa shape index (κ2) is 6.02. The van der Waals surface area contributed by atoms with Crippen LogP contribution < -0.4 is 0 Å². The van der Waals surface area contributed by atoms with Crippen molar-refractivity contribution in [2.45, 2.75) is 23.1 Å². The summed E-state index contributed by atoms with van der Waals surface area (Å²) in [6.45, 7) is 2.12. The molecule has 0 aliphatic rings. The van der Waals surface area contributed by atoms with Crippen LogP contribution in [0.4, 0.5) is 0 Å². The second-order valence-corrected chi connectivity index (χ2v) is 5.66. The van der Waals surface area contributed by atoms with E-state index in [0.717, 1.165) is 23.5 Å². The molecule has 3 rings (SSSR count). The third kappa shape index (κ3) is 2.81. The van der Waals surface area contributed by atoms with Crippen molar-refractivity contribution < 1.29 is 4.42 Å². The Kier molecular flexibility index (Phi) is 3.93. The fourth-order valence-electron chi connectivity index (χ4n) is 2.08. The van der Waals surface area contributed by atoms with Crippen LogP contribution in [0.3, 0.4) is 0 Å². The summed E-state index contributed by atoms with van der Waals surface area (Å²) in [4.78, 5) is 2.41. The number of hydrogen-bond donors (Lipinski definition) is 0. The quantitative estimate of drug-likeness (QED) is 0.611. The van der Waals surface area contributed by atoms with Crippen LogP contribution >= 0.6 is 11.8 Å². The summed E-state index contributed by atoms with van der Waals surface area (Å²) in [5, 5.41) is 0. The summed E-state index contributed by atoms with van der Waals surface area (Å²) < 4.78 is 6.00. The first-order valence-electron chi connectivity index (χ1n) is 6.78. The molecular formula is C18H16OS. The van der Waals surface area contributed by atoms with Gasteiger partial charge >= 0.3 is 0 Å². The molecule has 0 aliphatic heterocycles. The van der Waals surface area contributed by atoms with E-state index in [-0.39, 0.29) is 0 Å². The number of aryl methyl sites for hydroxylation is 1. The zero-order valence-corrected chi connectivity index (χ0v) is 12.2. The van der Waals surface area contributed by atoms with Crippen LogP contribution in [-0.4, -0.2) is 0 Å². The fraction of sp³-hybridized carbons (Fsp3) is 0.111. The largest absolute Gasteiger partial charge is 0.460 e. The van der Waals surface area contributed by atoms with E-state index >= 15 is 0 Å². The molecule has 1 heterocycles. The summed E-state index contributed by atoms with van der Waals surface area (Å²) >= 11 is 1.75. The SMILES string of the molecule is CCc1cc(Sc2ccccc2)c(-c2ccccc2)o1. The smallest absolute Gasteiger partial charge is 0.148 e. The molecular weight excluding hydrogens is 264 g/mol. The van der Waals surface area contributed by atoms with Crippen LogP contribution in [0.1, 0.15) is 12.7 Å². The summed E-state index contributed by atoms with van der Waals surface area (Å²) in [6.07, 6.45) is 0.912. The molecule has 0 saturated heterocycles. The van der Waals surface area contributed by atoms with Gasteiger partial charge in [-0.1, -0.05) is 67.2 Å². The van der Waals surface area contributed by atoms with Gasteiger partial charge in [0.1, 0.15) is 11.5 Å². The van der Waals surface area contributed by atoms with E-state index in [4.69, 9.17) is 4.42 Å². The highest BCUT2D eigenvalue weighted by Gasteiger charge is 2.13. The van der Waals surface area contributed by atoms with Crippen molar-refractivity contribution in [2.24, 2.45) is 0 Å². The summed E-state index contributed by atoms with van der Waals surface area (Å²) in [5.74, 6) is 2.00. The molecule has 1 nitrogen and oxygen atoms in total. The Hall–Kier alpha value is -1.93. The van der Waals surface area contributed by atoms with Gasteiger partial charge in [0.25, 0.3) is 0 Å². The van der Waals surface area contributed by atoms with E-state index in [2.05, 4.69) is 49.4 Å². The van der Waals surface area contributed by atoms with Gasteiger partial charge in [-0.05, 0) is 18.2 Å². The molecule has 0 aliphatic carbocycles. The molecule has 1 aromatic heterocycles. The minimum atomic E-state index is 0.912. The highest BCUT2D eigenvalue weighted by atomic mass is 32.2. The Labute approximate surface area is 123 Å². The lowest BCUT2D eigenvalue weighted by Crippen LogP contribution is -1.76. The molecule has 0 spiro atoms. The molecule has 2 heteroatoms. The van der Waals surface area contributed by atoms with E-state index in [1.54, 1.807) is 11.8 Å². The van der Waals surface area contributed by atoms with Gasteiger partial charge in [0.15, 0.2) is 0 Å². The maximum atomic E-state index is 6.00. The third-order valence-corrected chi connectivity index (χ3v) is 4.14. The Morgan fingerprint density at radius 3 is 2.20 bits per heavy atom. The number of benzene rings is 2. The lowest BCUT2D eigenvalue weighted by molar-refractivity contribution is 0.526. The first-order valence-corrected chi connectivity index (χ1v) is 7.59. The Morgan fingerprint density at radius 1 is 0.900 bits per heavy atom. The zero-order valence-electron chi connectivity index (χ0n) is 11.4. The van der Waals surface area contributed by atoms with Crippen LogP contribution in [0, 0.1) is 0 Å². The molecule has 100 valence electrons. The average molecular weight is 280 g/mol. The van der Waals surface area contributed by atoms with Gasteiger partial charge in [0.05, 0.1) is 4.90 Å². The second-order valence-electron chi connectivity index (χ2n) is 4.54. The predicted molar refractivity (Wildman–Crippen MR) is 84.1 cm³/mol. The normalized spacial score (nSPS) is 10.7. The van der Waals surface area contributed by atoms with Crippen molar-refractivity contribution >= 4 is 11.8 Å². The van der Waals surface area contributed by atoms with E-state index in [1.807, 2.05) is 24.3 Å². The first-order chi connectivity index (χ1) is 9.86. The molecule has 0 N–H and O–H groups in total. The minimum absolute atomic E-state index is 0.912. The molecule has 2 aromatic carbocycles. The first kappa shape index (κ1) is 13.1. The predicted octanol–water partition coefficient (Wildman–Crippen LogP) is 5.66. The van der Waals surface area contributed by atoms with E-state index in [9.17, 15) is 0 Å². The third-order valence-electron chi connectivity index (χ3n) is 3.10. The molecule has 0 amide bonds. The number of furan rings is 1. The van der Waals surface area contributed by atoms with Crippen molar-refractivity contribution in [3.63, 3.8) is 0 Å². The van der Waals surface area contributed by atoms with Gasteiger partial charge in [-0.15, -0.1) is 0 Å². The minimum Gasteiger partial charge on any atom is -0.460 e. The summed E-state index contributed by atoms with van der Waals surface area (Å²) in [6, 6.07) is 22.8. The van der Waals surface area contributed by atoms with Crippen molar-refractivity contribution in [3.05, 3.63) is 72.5 Å². The molecule has 0 unspecified atom stereocenters. The van der Waals surface area contributed by atoms with Gasteiger partial charge < -0.3 is 4.42 Å². The van der Waals surface area contributed by atoms with Gasteiger partial charge in [-0.3, -0.25) is 0 Å². The molecule has 0 saturated carbocycles. The monoisotopic (exact) mass is 280 g/mol. The number of rotatable bonds is 4. The summed E-state index contributed by atoms with van der Waals surface area (Å²) in [5.41, 5.74) is 1.13. The van der Waals surface area contributed by atoms with Crippen molar-refractivity contribution in [2.75, 3.05) is 0 Å². The van der Waals surface area contributed by atoms with Crippen molar-refractivity contribution in [1.82, 2.24) is 0 Å². The highest BCUT2D eigenvalue weighted by Crippen LogP contribution is 2.38. The molecule has 0 fully saturated rings. The molecule has 0 radical (unpaired) electrons. The average Bonchev–Trinajstić information content (AvgIpc) is 2.92. The Bertz CT molecular complexity index is 671. The van der Waals surface area contributed by atoms with Crippen LogP contribution in [0.15, 0.2) is 80.9 Å². The van der Waals surface area contributed by atoms with E-state index in [0.29, 0.717) is 0 Å². The van der Waals surface area contributed by atoms with Gasteiger partial charge in [-0.2, -0.15) is 0 Å². The van der Waals surface area contributed by atoms with E-state index < -0.39 is 0 Å². The maximum absolute atomic E-state index is 6.00. The van der Waals surface area contributed by atoms with Crippen molar-refractivity contribution in [3.8, 4) is 11.3 Å². The fourth-order valence-corrected chi connectivity index (χ4v) is 3.07. The lowest BCUT2D eigenvalue weighted by Gasteiger charge is -2.02. The Balaban J connectivity index is 2.00. The maximum Gasteiger partial charge on any atom is 0.148 e. The van der Waals surface area contributed by atoms with Crippen LogP contribution in [-0.2, 0) is 6.42 Å². The lowest BCUT2D eigenvalue weighted by atomic mass is 10.2. The Morgan fingerprint density at radius 2 is 1.55 bits per heavy atom. The van der Waals surface area contributed by atoms with Crippen LogP contribution in [0.25, 0.3) is 11.3 Å². The zero-order chi connectivity index (χ0) is 13.8.